The first-order valence-electron chi connectivity index (χ1n) is 6.16. The first kappa shape index (κ1) is 14.0. The Hall–Kier alpha value is -1.08. The Kier molecular flexibility index (Phi) is 4.53. The molecule has 0 spiro atoms. The van der Waals surface area contributed by atoms with Crippen LogP contribution in [0.2, 0.25) is 0 Å². The van der Waals surface area contributed by atoms with Gasteiger partial charge in [0.25, 0.3) is 0 Å². The zero-order chi connectivity index (χ0) is 13.1. The second-order valence-electron chi connectivity index (χ2n) is 5.49. The number of methoxy groups -OCH3 is 1. The maximum Gasteiger partial charge on any atom is 0.240 e. The van der Waals surface area contributed by atoms with Crippen LogP contribution >= 0.6 is 0 Å². The van der Waals surface area contributed by atoms with Crippen molar-refractivity contribution < 1.29 is 9.53 Å². The standard InChI is InChI=1S/C13H22N2O2/c1-9(2)11(7-17-4)15-12(16)13(8-14)5-10(3)6-13/h9-11H,5-7H2,1-4H3,(H,15,16). The van der Waals surface area contributed by atoms with Gasteiger partial charge >= 0.3 is 0 Å². The summed E-state index contributed by atoms with van der Waals surface area (Å²) in [5.41, 5.74) is -0.791. The zero-order valence-corrected chi connectivity index (χ0v) is 11.1. The van der Waals surface area contributed by atoms with E-state index in [0.29, 0.717) is 31.3 Å². The van der Waals surface area contributed by atoms with Crippen molar-refractivity contribution in [1.82, 2.24) is 5.32 Å². The van der Waals surface area contributed by atoms with Crippen LogP contribution in [0.25, 0.3) is 0 Å². The lowest BCUT2D eigenvalue weighted by molar-refractivity contribution is -0.135. The number of amides is 1. The average molecular weight is 238 g/mol. The van der Waals surface area contributed by atoms with E-state index in [2.05, 4.69) is 18.3 Å². The van der Waals surface area contributed by atoms with Gasteiger partial charge in [0.1, 0.15) is 5.41 Å². The normalized spacial score (nSPS) is 29.3. The third-order valence-corrected chi connectivity index (χ3v) is 3.51. The molecule has 1 rings (SSSR count). The number of hydrogen-bond acceptors (Lipinski definition) is 3. The molecule has 0 radical (unpaired) electrons. The third kappa shape index (κ3) is 2.98. The number of nitriles is 1. The molecule has 1 amide bonds. The lowest BCUT2D eigenvalue weighted by atomic mass is 9.63. The van der Waals surface area contributed by atoms with Gasteiger partial charge in [-0.3, -0.25) is 4.79 Å². The van der Waals surface area contributed by atoms with Gasteiger partial charge in [-0.05, 0) is 24.7 Å². The Morgan fingerprint density at radius 1 is 1.59 bits per heavy atom. The predicted molar refractivity (Wildman–Crippen MR) is 65.1 cm³/mol. The van der Waals surface area contributed by atoms with Crippen molar-refractivity contribution in [2.45, 2.75) is 39.7 Å². The van der Waals surface area contributed by atoms with Gasteiger partial charge in [0.05, 0.1) is 18.7 Å². The van der Waals surface area contributed by atoms with Gasteiger partial charge in [-0.15, -0.1) is 0 Å². The Bertz CT molecular complexity index is 314. The van der Waals surface area contributed by atoms with Crippen molar-refractivity contribution in [3.05, 3.63) is 0 Å². The van der Waals surface area contributed by atoms with Crippen molar-refractivity contribution in [2.24, 2.45) is 17.3 Å². The summed E-state index contributed by atoms with van der Waals surface area (Å²) in [5.74, 6) is 0.640. The van der Waals surface area contributed by atoms with Crippen LogP contribution in [0, 0.1) is 28.6 Å². The minimum Gasteiger partial charge on any atom is -0.383 e. The van der Waals surface area contributed by atoms with Gasteiger partial charge in [0.15, 0.2) is 0 Å². The fraction of sp³-hybridized carbons (Fsp3) is 0.846. The SMILES string of the molecule is COCC(NC(=O)C1(C#N)CC(C)C1)C(C)C. The summed E-state index contributed by atoms with van der Waals surface area (Å²) in [6.07, 6.45) is 1.35. The van der Waals surface area contributed by atoms with Gasteiger partial charge < -0.3 is 10.1 Å². The maximum absolute atomic E-state index is 12.1. The highest BCUT2D eigenvalue weighted by Gasteiger charge is 2.49. The molecule has 96 valence electrons. The summed E-state index contributed by atoms with van der Waals surface area (Å²) in [6, 6.07) is 2.16. The molecule has 1 N–H and O–H groups in total. The van der Waals surface area contributed by atoms with Crippen LogP contribution in [0.5, 0.6) is 0 Å². The van der Waals surface area contributed by atoms with E-state index < -0.39 is 5.41 Å². The molecule has 1 atom stereocenters. The molecule has 0 heterocycles. The molecule has 1 saturated carbocycles. The van der Waals surface area contributed by atoms with Crippen LogP contribution in [-0.4, -0.2) is 25.7 Å². The van der Waals surface area contributed by atoms with Crippen molar-refractivity contribution in [1.29, 1.82) is 5.26 Å². The molecule has 4 nitrogen and oxygen atoms in total. The molecule has 1 aliphatic rings. The lowest BCUT2D eigenvalue weighted by Crippen LogP contribution is -2.53. The highest BCUT2D eigenvalue weighted by molar-refractivity contribution is 5.86. The predicted octanol–water partition coefficient (Wildman–Crippen LogP) is 1.71. The van der Waals surface area contributed by atoms with Crippen LogP contribution in [0.15, 0.2) is 0 Å². The largest absolute Gasteiger partial charge is 0.383 e. The minimum absolute atomic E-state index is 0.0198. The van der Waals surface area contributed by atoms with Gasteiger partial charge in [0.2, 0.25) is 5.91 Å². The molecule has 0 aromatic rings. The number of hydrogen-bond donors (Lipinski definition) is 1. The highest BCUT2D eigenvalue weighted by atomic mass is 16.5. The maximum atomic E-state index is 12.1. The van der Waals surface area contributed by atoms with Gasteiger partial charge in [-0.25, -0.2) is 0 Å². The van der Waals surface area contributed by atoms with Crippen LogP contribution in [0.3, 0.4) is 0 Å². The lowest BCUT2D eigenvalue weighted by Gasteiger charge is -2.40. The molecular weight excluding hydrogens is 216 g/mol. The molecule has 0 aromatic heterocycles. The number of carbonyl (C=O) groups is 1. The molecule has 1 unspecified atom stereocenters. The van der Waals surface area contributed by atoms with Crippen molar-refractivity contribution >= 4 is 5.91 Å². The quantitative estimate of drug-likeness (QED) is 0.793. The Labute approximate surface area is 103 Å². The molecular formula is C13H22N2O2. The van der Waals surface area contributed by atoms with Crippen LogP contribution in [0.1, 0.15) is 33.6 Å². The summed E-state index contributed by atoms with van der Waals surface area (Å²) in [5, 5.41) is 12.1. The zero-order valence-electron chi connectivity index (χ0n) is 11.1. The van der Waals surface area contributed by atoms with Crippen molar-refractivity contribution in [2.75, 3.05) is 13.7 Å². The molecule has 0 aromatic carbocycles. The molecule has 0 aliphatic heterocycles. The number of ether oxygens (including phenoxy) is 1. The second-order valence-corrected chi connectivity index (χ2v) is 5.49. The third-order valence-electron chi connectivity index (χ3n) is 3.51. The van der Waals surface area contributed by atoms with E-state index in [1.54, 1.807) is 7.11 Å². The fourth-order valence-corrected chi connectivity index (χ4v) is 2.34. The second kappa shape index (κ2) is 5.50. The molecule has 1 fully saturated rings. The van der Waals surface area contributed by atoms with E-state index in [9.17, 15) is 4.79 Å². The van der Waals surface area contributed by atoms with E-state index >= 15 is 0 Å². The summed E-state index contributed by atoms with van der Waals surface area (Å²) in [7, 11) is 1.62. The monoisotopic (exact) mass is 238 g/mol. The summed E-state index contributed by atoms with van der Waals surface area (Å²) < 4.78 is 5.09. The van der Waals surface area contributed by atoms with E-state index in [1.807, 2.05) is 13.8 Å². The molecule has 1 aliphatic carbocycles. The number of carbonyl (C=O) groups excluding carboxylic acids is 1. The minimum atomic E-state index is -0.791. The van der Waals surface area contributed by atoms with E-state index in [0.717, 1.165) is 0 Å². The molecule has 17 heavy (non-hydrogen) atoms. The summed E-state index contributed by atoms with van der Waals surface area (Å²) in [4.78, 5) is 12.1. The fourth-order valence-electron chi connectivity index (χ4n) is 2.34. The van der Waals surface area contributed by atoms with E-state index in [1.165, 1.54) is 0 Å². The van der Waals surface area contributed by atoms with Crippen molar-refractivity contribution in [3.63, 3.8) is 0 Å². The topological polar surface area (TPSA) is 62.1 Å². The van der Waals surface area contributed by atoms with Crippen LogP contribution < -0.4 is 5.32 Å². The summed E-state index contributed by atoms with van der Waals surface area (Å²) >= 11 is 0. The van der Waals surface area contributed by atoms with Gasteiger partial charge in [0, 0.05) is 7.11 Å². The number of rotatable bonds is 5. The smallest absolute Gasteiger partial charge is 0.240 e. The van der Waals surface area contributed by atoms with Gasteiger partial charge in [-0.2, -0.15) is 5.26 Å². The first-order valence-corrected chi connectivity index (χ1v) is 6.16. The van der Waals surface area contributed by atoms with E-state index in [-0.39, 0.29) is 11.9 Å². The number of nitrogens with one attached hydrogen (secondary N) is 1. The Balaban J connectivity index is 2.61. The molecule has 0 saturated heterocycles. The summed E-state index contributed by atoms with van der Waals surface area (Å²) in [6.45, 7) is 6.62. The Morgan fingerprint density at radius 3 is 2.53 bits per heavy atom. The molecule has 0 bridgehead atoms. The highest BCUT2D eigenvalue weighted by Crippen LogP contribution is 2.45. The van der Waals surface area contributed by atoms with Crippen molar-refractivity contribution in [3.8, 4) is 6.07 Å². The van der Waals surface area contributed by atoms with Crippen LogP contribution in [0.4, 0.5) is 0 Å². The van der Waals surface area contributed by atoms with E-state index in [4.69, 9.17) is 10.00 Å². The van der Waals surface area contributed by atoms with Gasteiger partial charge in [-0.1, -0.05) is 20.8 Å². The first-order chi connectivity index (χ1) is 7.95. The van der Waals surface area contributed by atoms with Crippen LogP contribution in [-0.2, 0) is 9.53 Å². The number of nitrogens with zero attached hydrogens (tertiary/aromatic N) is 1. The Morgan fingerprint density at radius 2 is 2.18 bits per heavy atom. The molecule has 4 heteroatoms. The average Bonchev–Trinajstić information content (AvgIpc) is 2.23.